The molecule has 0 aliphatic heterocycles. The molecule has 0 bridgehead atoms. The zero-order valence-corrected chi connectivity index (χ0v) is 9.51. The van der Waals surface area contributed by atoms with Crippen LogP contribution in [0.3, 0.4) is 0 Å². The summed E-state index contributed by atoms with van der Waals surface area (Å²) < 4.78 is 38.0. The fraction of sp³-hybridized carbons (Fsp3) is 0.500. The number of aromatic carboxylic acids is 1. The van der Waals surface area contributed by atoms with Crippen LogP contribution in [0.2, 0.25) is 10.4 Å². The fourth-order valence-electron chi connectivity index (χ4n) is 1.62. The lowest BCUT2D eigenvalue weighted by atomic mass is 10.4. The Balaban J connectivity index is 2.33. The Morgan fingerprint density at radius 2 is 2.06 bits per heavy atom. The van der Waals surface area contributed by atoms with Crippen molar-refractivity contribution in [3.05, 3.63) is 16.1 Å². The first kappa shape index (κ1) is 12.5. The first-order chi connectivity index (χ1) is 7.73. The van der Waals surface area contributed by atoms with Gasteiger partial charge in [-0.3, -0.25) is 0 Å². The molecule has 0 spiro atoms. The van der Waals surface area contributed by atoms with Crippen LogP contribution in [0.15, 0.2) is 0 Å². The van der Waals surface area contributed by atoms with Crippen molar-refractivity contribution in [1.29, 1.82) is 0 Å². The summed E-state index contributed by atoms with van der Waals surface area (Å²) in [5.74, 6) is -2.98. The molecule has 0 saturated heterocycles. The van der Waals surface area contributed by atoms with E-state index < -0.39 is 29.8 Å². The normalized spacial score (nSPS) is 23.8. The number of alkyl halides is 3. The second kappa shape index (κ2) is 3.78. The molecule has 9 heteroatoms. The molecule has 94 valence electrons. The third-order valence-corrected chi connectivity index (χ3v) is 3.15. The minimum atomic E-state index is -4.34. The first-order valence-electron chi connectivity index (χ1n) is 4.46. The van der Waals surface area contributed by atoms with Gasteiger partial charge in [0.05, 0.1) is 5.92 Å². The van der Waals surface area contributed by atoms with Crippen molar-refractivity contribution in [3.8, 4) is 0 Å². The number of rotatable bonds is 2. The van der Waals surface area contributed by atoms with E-state index in [1.165, 1.54) is 0 Å². The zero-order valence-electron chi connectivity index (χ0n) is 8.00. The molecule has 2 unspecified atom stereocenters. The molecule has 1 fully saturated rings. The zero-order chi connectivity index (χ0) is 13.0. The van der Waals surface area contributed by atoms with Gasteiger partial charge in [0, 0.05) is 6.04 Å². The molecule has 1 saturated carbocycles. The van der Waals surface area contributed by atoms with E-state index in [0.717, 1.165) is 4.57 Å². The molecule has 1 aromatic rings. The number of carbonyl (C=O) groups is 1. The standard InChI is InChI=1S/C8H5Cl2F3N2O2/c9-5-4(6(16)17)14-7(10)15(5)3-1-2(3)8(11,12)13/h2-3H,1H2,(H,16,17). The lowest BCUT2D eigenvalue weighted by Gasteiger charge is -2.07. The summed E-state index contributed by atoms with van der Waals surface area (Å²) in [7, 11) is 0. The lowest BCUT2D eigenvalue weighted by molar-refractivity contribution is -0.150. The molecule has 2 rings (SSSR count). The molecule has 4 nitrogen and oxygen atoms in total. The Bertz CT molecular complexity index is 486. The van der Waals surface area contributed by atoms with Gasteiger partial charge < -0.3 is 9.67 Å². The van der Waals surface area contributed by atoms with Gasteiger partial charge in [0.25, 0.3) is 0 Å². The van der Waals surface area contributed by atoms with Gasteiger partial charge in [-0.2, -0.15) is 13.2 Å². The number of carboxylic acids is 1. The number of imidazole rings is 1. The third-order valence-electron chi connectivity index (χ3n) is 2.52. The fourth-order valence-corrected chi connectivity index (χ4v) is 2.29. The third kappa shape index (κ3) is 2.09. The number of hydrogen-bond acceptors (Lipinski definition) is 2. The van der Waals surface area contributed by atoms with E-state index in [9.17, 15) is 18.0 Å². The smallest absolute Gasteiger partial charge is 0.393 e. The monoisotopic (exact) mass is 288 g/mol. The predicted molar refractivity (Wildman–Crippen MR) is 52.4 cm³/mol. The number of carboxylic acid groups (broad SMARTS) is 1. The molecule has 1 aliphatic rings. The van der Waals surface area contributed by atoms with Crippen molar-refractivity contribution in [2.24, 2.45) is 5.92 Å². The summed E-state index contributed by atoms with van der Waals surface area (Å²) in [4.78, 5) is 14.1. The molecule has 1 aromatic heterocycles. The van der Waals surface area contributed by atoms with Crippen LogP contribution in [0.1, 0.15) is 23.0 Å². The minimum Gasteiger partial charge on any atom is -0.476 e. The van der Waals surface area contributed by atoms with Crippen LogP contribution >= 0.6 is 23.2 Å². The molecule has 0 aromatic carbocycles. The van der Waals surface area contributed by atoms with E-state index in [1.54, 1.807) is 0 Å². The Morgan fingerprint density at radius 3 is 2.41 bits per heavy atom. The summed E-state index contributed by atoms with van der Waals surface area (Å²) in [6.07, 6.45) is -4.51. The molecule has 0 radical (unpaired) electrons. The summed E-state index contributed by atoms with van der Waals surface area (Å²) in [5.41, 5.74) is -0.538. The molecule has 17 heavy (non-hydrogen) atoms. The van der Waals surface area contributed by atoms with E-state index in [2.05, 4.69) is 4.98 Å². The highest BCUT2D eigenvalue weighted by Gasteiger charge is 2.57. The Labute approximate surface area is 103 Å². The van der Waals surface area contributed by atoms with Crippen molar-refractivity contribution >= 4 is 29.2 Å². The average Bonchev–Trinajstić information content (AvgIpc) is 2.88. The van der Waals surface area contributed by atoms with Crippen molar-refractivity contribution in [3.63, 3.8) is 0 Å². The van der Waals surface area contributed by atoms with Gasteiger partial charge in [-0.25, -0.2) is 9.78 Å². The van der Waals surface area contributed by atoms with Crippen LogP contribution < -0.4 is 0 Å². The van der Waals surface area contributed by atoms with Crippen LogP contribution in [0.5, 0.6) is 0 Å². The maximum Gasteiger partial charge on any atom is 0.393 e. The number of aromatic nitrogens is 2. The molecule has 1 aliphatic carbocycles. The largest absolute Gasteiger partial charge is 0.476 e. The van der Waals surface area contributed by atoms with Crippen LogP contribution in [0, 0.1) is 5.92 Å². The van der Waals surface area contributed by atoms with E-state index >= 15 is 0 Å². The van der Waals surface area contributed by atoms with Gasteiger partial charge in [0.1, 0.15) is 5.15 Å². The summed E-state index contributed by atoms with van der Waals surface area (Å²) in [6, 6.07) is -0.962. The summed E-state index contributed by atoms with van der Waals surface area (Å²) in [5, 5.41) is 7.97. The molecule has 2 atom stereocenters. The average molecular weight is 289 g/mol. The van der Waals surface area contributed by atoms with Crippen LogP contribution in [-0.4, -0.2) is 26.8 Å². The molecule has 0 amide bonds. The highest BCUT2D eigenvalue weighted by Crippen LogP contribution is 2.55. The lowest BCUT2D eigenvalue weighted by Crippen LogP contribution is -2.13. The Morgan fingerprint density at radius 1 is 1.47 bits per heavy atom. The van der Waals surface area contributed by atoms with E-state index in [0.29, 0.717) is 0 Å². The van der Waals surface area contributed by atoms with E-state index in [-0.39, 0.29) is 16.9 Å². The van der Waals surface area contributed by atoms with Gasteiger partial charge in [-0.05, 0) is 18.0 Å². The summed E-state index contributed by atoms with van der Waals surface area (Å²) >= 11 is 11.2. The summed E-state index contributed by atoms with van der Waals surface area (Å²) in [6.45, 7) is 0. The van der Waals surface area contributed by atoms with Crippen molar-refractivity contribution in [2.45, 2.75) is 18.6 Å². The molecule has 1 heterocycles. The molecule has 1 N–H and O–H groups in total. The topological polar surface area (TPSA) is 55.1 Å². The van der Waals surface area contributed by atoms with Crippen LogP contribution in [0.25, 0.3) is 0 Å². The number of hydrogen-bond donors (Lipinski definition) is 1. The van der Waals surface area contributed by atoms with Crippen molar-refractivity contribution < 1.29 is 23.1 Å². The van der Waals surface area contributed by atoms with Crippen molar-refractivity contribution in [2.75, 3.05) is 0 Å². The Hall–Kier alpha value is -0.950. The van der Waals surface area contributed by atoms with Gasteiger partial charge in [0.2, 0.25) is 5.28 Å². The van der Waals surface area contributed by atoms with Gasteiger partial charge in [0.15, 0.2) is 5.69 Å². The predicted octanol–water partition coefficient (Wildman–Crippen LogP) is 3.01. The van der Waals surface area contributed by atoms with Gasteiger partial charge in [-0.1, -0.05) is 11.6 Å². The number of nitrogens with zero attached hydrogens (tertiary/aromatic N) is 2. The van der Waals surface area contributed by atoms with Gasteiger partial charge >= 0.3 is 12.1 Å². The first-order valence-corrected chi connectivity index (χ1v) is 5.22. The molecular formula is C8H5Cl2F3N2O2. The second-order valence-corrected chi connectivity index (χ2v) is 4.34. The van der Waals surface area contributed by atoms with E-state index in [4.69, 9.17) is 28.3 Å². The van der Waals surface area contributed by atoms with Gasteiger partial charge in [-0.15, -0.1) is 0 Å². The highest BCUT2D eigenvalue weighted by molar-refractivity contribution is 6.34. The van der Waals surface area contributed by atoms with Crippen molar-refractivity contribution in [1.82, 2.24) is 9.55 Å². The Kier molecular flexibility index (Phi) is 2.78. The quantitative estimate of drug-likeness (QED) is 0.910. The van der Waals surface area contributed by atoms with Crippen LogP contribution in [-0.2, 0) is 0 Å². The molecular weight excluding hydrogens is 284 g/mol. The second-order valence-electron chi connectivity index (χ2n) is 3.65. The van der Waals surface area contributed by atoms with Crippen LogP contribution in [0.4, 0.5) is 13.2 Å². The maximum atomic E-state index is 12.4. The minimum absolute atomic E-state index is 0.168. The number of halogens is 5. The highest BCUT2D eigenvalue weighted by atomic mass is 35.5. The SMILES string of the molecule is O=C(O)c1nc(Cl)n(C2CC2C(F)(F)F)c1Cl. The maximum absolute atomic E-state index is 12.4. The van der Waals surface area contributed by atoms with E-state index in [1.807, 2.05) is 0 Å².